The van der Waals surface area contributed by atoms with Gasteiger partial charge in [-0.1, -0.05) is 12.1 Å². The number of carbonyl (C=O) groups excluding carboxylic acids is 1. The van der Waals surface area contributed by atoms with Crippen molar-refractivity contribution in [2.45, 2.75) is 25.8 Å². The molecule has 1 aromatic heterocycles. The SMILES string of the molecule is Cl.O=C(CCn1ncc(=O)c2ccccc21)N1CC[C@@H]2CNC[C@@H]2CC1. The van der Waals surface area contributed by atoms with Gasteiger partial charge in [-0.15, -0.1) is 12.4 Å². The quantitative estimate of drug-likeness (QED) is 0.884. The van der Waals surface area contributed by atoms with Crippen LogP contribution in [0.3, 0.4) is 0 Å². The highest BCUT2D eigenvalue weighted by Crippen LogP contribution is 2.27. The van der Waals surface area contributed by atoms with Crippen LogP contribution in [0.2, 0.25) is 0 Å². The lowest BCUT2D eigenvalue weighted by Gasteiger charge is -2.21. The van der Waals surface area contributed by atoms with Crippen molar-refractivity contribution in [3.05, 3.63) is 40.7 Å². The summed E-state index contributed by atoms with van der Waals surface area (Å²) in [5, 5.41) is 8.33. The molecule has 0 aliphatic carbocycles. The number of rotatable bonds is 3. The van der Waals surface area contributed by atoms with E-state index in [2.05, 4.69) is 10.4 Å². The molecule has 6 nitrogen and oxygen atoms in total. The number of nitrogens with zero attached hydrogens (tertiary/aromatic N) is 3. The largest absolute Gasteiger partial charge is 0.343 e. The van der Waals surface area contributed by atoms with E-state index >= 15 is 0 Å². The van der Waals surface area contributed by atoms with Gasteiger partial charge in [-0.25, -0.2) is 0 Å². The average molecular weight is 377 g/mol. The van der Waals surface area contributed by atoms with E-state index in [4.69, 9.17) is 0 Å². The van der Waals surface area contributed by atoms with Crippen molar-refractivity contribution in [1.29, 1.82) is 0 Å². The van der Waals surface area contributed by atoms with E-state index in [0.717, 1.165) is 56.4 Å². The van der Waals surface area contributed by atoms with Crippen LogP contribution in [0.5, 0.6) is 0 Å². The Morgan fingerprint density at radius 1 is 1.15 bits per heavy atom. The van der Waals surface area contributed by atoms with Crippen LogP contribution in [-0.4, -0.2) is 46.8 Å². The van der Waals surface area contributed by atoms with Crippen LogP contribution in [0.4, 0.5) is 0 Å². The summed E-state index contributed by atoms with van der Waals surface area (Å²) in [5.74, 6) is 1.64. The molecule has 2 saturated heterocycles. The second-order valence-electron chi connectivity index (χ2n) is 7.14. The molecule has 0 radical (unpaired) electrons. The van der Waals surface area contributed by atoms with Crippen LogP contribution in [0.1, 0.15) is 19.3 Å². The molecule has 0 saturated carbocycles. The van der Waals surface area contributed by atoms with E-state index in [9.17, 15) is 9.59 Å². The zero-order chi connectivity index (χ0) is 17.2. The summed E-state index contributed by atoms with van der Waals surface area (Å²) >= 11 is 0. The normalized spacial score (nSPS) is 22.5. The molecule has 140 valence electrons. The number of para-hydroxylation sites is 1. The van der Waals surface area contributed by atoms with E-state index in [1.807, 2.05) is 23.1 Å². The Labute approximate surface area is 159 Å². The minimum atomic E-state index is -0.0779. The molecule has 0 unspecified atom stereocenters. The van der Waals surface area contributed by atoms with Gasteiger partial charge in [-0.05, 0) is 49.9 Å². The second kappa shape index (κ2) is 8.18. The number of nitrogens with one attached hydrogen (secondary N) is 1. The average Bonchev–Trinajstić information content (AvgIpc) is 2.99. The Bertz CT molecular complexity index is 824. The first-order chi connectivity index (χ1) is 12.2. The molecule has 2 fully saturated rings. The van der Waals surface area contributed by atoms with Crippen LogP contribution in [0.15, 0.2) is 35.3 Å². The topological polar surface area (TPSA) is 67.2 Å². The lowest BCUT2D eigenvalue weighted by atomic mass is 9.92. The summed E-state index contributed by atoms with van der Waals surface area (Å²) in [7, 11) is 0. The fraction of sp³-hybridized carbons (Fsp3) is 0.526. The molecule has 1 N–H and O–H groups in total. The minimum Gasteiger partial charge on any atom is -0.343 e. The number of amides is 1. The van der Waals surface area contributed by atoms with Gasteiger partial charge in [0.05, 0.1) is 18.3 Å². The second-order valence-corrected chi connectivity index (χ2v) is 7.14. The zero-order valence-electron chi connectivity index (χ0n) is 14.8. The van der Waals surface area contributed by atoms with Crippen molar-refractivity contribution in [2.24, 2.45) is 11.8 Å². The molecular formula is C19H25ClN4O2. The summed E-state index contributed by atoms with van der Waals surface area (Å²) in [6, 6.07) is 7.43. The van der Waals surface area contributed by atoms with E-state index in [-0.39, 0.29) is 23.7 Å². The predicted molar refractivity (Wildman–Crippen MR) is 104 cm³/mol. The molecule has 2 aliphatic heterocycles. The predicted octanol–water partition coefficient (Wildman–Crippen LogP) is 1.67. The summed E-state index contributed by atoms with van der Waals surface area (Å²) < 4.78 is 1.77. The van der Waals surface area contributed by atoms with E-state index in [1.54, 1.807) is 10.7 Å². The van der Waals surface area contributed by atoms with Crippen molar-refractivity contribution >= 4 is 29.2 Å². The minimum absolute atomic E-state index is 0. The Hall–Kier alpha value is -1.92. The first-order valence-corrected chi connectivity index (χ1v) is 9.16. The molecule has 26 heavy (non-hydrogen) atoms. The van der Waals surface area contributed by atoms with Gasteiger partial charge in [0.15, 0.2) is 0 Å². The molecular weight excluding hydrogens is 352 g/mol. The number of aromatic nitrogens is 2. The summed E-state index contributed by atoms with van der Waals surface area (Å²) in [6.45, 7) is 4.42. The Morgan fingerprint density at radius 2 is 1.85 bits per heavy atom. The van der Waals surface area contributed by atoms with Gasteiger partial charge in [0.2, 0.25) is 11.3 Å². The third-order valence-corrected chi connectivity index (χ3v) is 5.67. The highest BCUT2D eigenvalue weighted by Gasteiger charge is 2.31. The number of halogens is 1. The van der Waals surface area contributed by atoms with Crippen LogP contribution in [-0.2, 0) is 11.3 Å². The molecule has 0 bridgehead atoms. The van der Waals surface area contributed by atoms with Crippen molar-refractivity contribution in [2.75, 3.05) is 26.2 Å². The summed E-state index contributed by atoms with van der Waals surface area (Å²) in [6.07, 6.45) is 3.96. The number of fused-ring (bicyclic) bond motifs is 2. The first-order valence-electron chi connectivity index (χ1n) is 9.16. The van der Waals surface area contributed by atoms with Gasteiger partial charge in [-0.2, -0.15) is 5.10 Å². The van der Waals surface area contributed by atoms with Crippen molar-refractivity contribution < 1.29 is 4.79 Å². The standard InChI is InChI=1S/C19H24N4O2.ClH/c24-18-13-21-23(17-4-2-1-3-16(17)18)10-7-19(25)22-8-5-14-11-20-12-15(14)6-9-22;/h1-4,13-15,20H,5-12H2;1H/t14-,15+;. The number of benzene rings is 1. The van der Waals surface area contributed by atoms with E-state index in [1.165, 1.54) is 6.20 Å². The zero-order valence-corrected chi connectivity index (χ0v) is 15.6. The number of hydrogen-bond donors (Lipinski definition) is 1. The molecule has 1 amide bonds. The highest BCUT2D eigenvalue weighted by atomic mass is 35.5. The third-order valence-electron chi connectivity index (χ3n) is 5.67. The molecule has 4 rings (SSSR count). The van der Waals surface area contributed by atoms with Gasteiger partial charge in [0.1, 0.15) is 0 Å². The monoisotopic (exact) mass is 376 g/mol. The molecule has 2 aliphatic rings. The van der Waals surface area contributed by atoms with Crippen LogP contribution >= 0.6 is 12.4 Å². The van der Waals surface area contributed by atoms with Crippen LogP contribution in [0.25, 0.3) is 10.9 Å². The summed E-state index contributed by atoms with van der Waals surface area (Å²) in [4.78, 5) is 26.6. The van der Waals surface area contributed by atoms with Gasteiger partial charge in [0.25, 0.3) is 0 Å². The summed E-state index contributed by atoms with van der Waals surface area (Å²) in [5.41, 5.74) is 0.713. The molecule has 2 aromatic rings. The highest BCUT2D eigenvalue weighted by molar-refractivity contribution is 5.85. The maximum absolute atomic E-state index is 12.7. The maximum atomic E-state index is 12.7. The first kappa shape index (κ1) is 18.9. The van der Waals surface area contributed by atoms with Crippen molar-refractivity contribution in [3.8, 4) is 0 Å². The molecule has 0 spiro atoms. The fourth-order valence-electron chi connectivity index (χ4n) is 4.17. The van der Waals surface area contributed by atoms with Crippen LogP contribution in [0, 0.1) is 11.8 Å². The lowest BCUT2D eigenvalue weighted by Crippen LogP contribution is -2.33. The Kier molecular flexibility index (Phi) is 5.94. The smallest absolute Gasteiger partial charge is 0.224 e. The van der Waals surface area contributed by atoms with Crippen molar-refractivity contribution in [1.82, 2.24) is 20.0 Å². The lowest BCUT2D eigenvalue weighted by molar-refractivity contribution is -0.131. The van der Waals surface area contributed by atoms with Gasteiger partial charge in [0, 0.05) is 24.9 Å². The third kappa shape index (κ3) is 3.76. The number of carbonyl (C=O) groups is 1. The Balaban J connectivity index is 0.00000196. The van der Waals surface area contributed by atoms with Crippen LogP contribution < -0.4 is 10.7 Å². The molecule has 3 heterocycles. The van der Waals surface area contributed by atoms with Gasteiger partial charge >= 0.3 is 0 Å². The fourth-order valence-corrected chi connectivity index (χ4v) is 4.17. The maximum Gasteiger partial charge on any atom is 0.224 e. The molecule has 7 heteroatoms. The number of hydrogen-bond acceptors (Lipinski definition) is 4. The van der Waals surface area contributed by atoms with Gasteiger partial charge in [-0.3, -0.25) is 14.3 Å². The van der Waals surface area contributed by atoms with Gasteiger partial charge < -0.3 is 10.2 Å². The van der Waals surface area contributed by atoms with E-state index in [0.29, 0.717) is 18.4 Å². The number of aryl methyl sites for hydroxylation is 1. The number of likely N-dealkylation sites (tertiary alicyclic amines) is 1. The van der Waals surface area contributed by atoms with Crippen molar-refractivity contribution in [3.63, 3.8) is 0 Å². The van der Waals surface area contributed by atoms with E-state index < -0.39 is 0 Å². The molecule has 1 aromatic carbocycles. The molecule has 2 atom stereocenters. The Morgan fingerprint density at radius 3 is 2.58 bits per heavy atom.